The zero-order chi connectivity index (χ0) is 12.1. The number of nitrogens with zero attached hydrogens (tertiary/aromatic N) is 1. The molecule has 0 unspecified atom stereocenters. The van der Waals surface area contributed by atoms with Gasteiger partial charge < -0.3 is 10.1 Å². The van der Waals surface area contributed by atoms with Gasteiger partial charge in [-0.1, -0.05) is 13.3 Å². The van der Waals surface area contributed by atoms with Gasteiger partial charge in [-0.2, -0.15) is 5.10 Å². The lowest BCUT2D eigenvalue weighted by molar-refractivity contribution is 0.0853. The van der Waals surface area contributed by atoms with Crippen LogP contribution in [0.3, 0.4) is 0 Å². The molecule has 2 rings (SSSR count). The minimum absolute atomic E-state index is 0.126. The van der Waals surface area contributed by atoms with Gasteiger partial charge in [-0.05, 0) is 25.3 Å². The normalized spacial score (nSPS) is 19.5. The number of hydrogen-bond acceptors (Lipinski definition) is 3. The van der Waals surface area contributed by atoms with E-state index in [2.05, 4.69) is 22.4 Å². The SMILES string of the molecule is CCCc1cc(C(=O)NC[C@H]2CCCO2)n[nH]1. The van der Waals surface area contributed by atoms with Gasteiger partial charge in [0, 0.05) is 18.8 Å². The maximum Gasteiger partial charge on any atom is 0.271 e. The Hall–Kier alpha value is -1.36. The highest BCUT2D eigenvalue weighted by Crippen LogP contribution is 2.10. The number of amides is 1. The third-order valence-electron chi connectivity index (χ3n) is 2.90. The van der Waals surface area contributed by atoms with Gasteiger partial charge in [0.1, 0.15) is 5.69 Å². The molecule has 1 saturated heterocycles. The predicted octanol–water partition coefficient (Wildman–Crippen LogP) is 1.27. The van der Waals surface area contributed by atoms with Crippen LogP contribution in [0.25, 0.3) is 0 Å². The van der Waals surface area contributed by atoms with E-state index in [1.165, 1.54) is 0 Å². The first-order valence-corrected chi connectivity index (χ1v) is 6.23. The van der Waals surface area contributed by atoms with Gasteiger partial charge in [0.25, 0.3) is 5.91 Å². The Morgan fingerprint density at radius 2 is 2.59 bits per heavy atom. The number of H-pyrrole nitrogens is 1. The van der Waals surface area contributed by atoms with E-state index in [1.807, 2.05) is 6.07 Å². The van der Waals surface area contributed by atoms with Crippen molar-refractivity contribution in [2.24, 2.45) is 0 Å². The topological polar surface area (TPSA) is 67.0 Å². The molecule has 94 valence electrons. The molecule has 1 aliphatic rings. The summed E-state index contributed by atoms with van der Waals surface area (Å²) in [5.74, 6) is -0.126. The van der Waals surface area contributed by atoms with E-state index in [0.29, 0.717) is 12.2 Å². The molecular formula is C12H19N3O2. The van der Waals surface area contributed by atoms with Gasteiger partial charge in [-0.3, -0.25) is 9.89 Å². The van der Waals surface area contributed by atoms with Crippen molar-refractivity contribution in [3.8, 4) is 0 Å². The summed E-state index contributed by atoms with van der Waals surface area (Å²) in [4.78, 5) is 11.8. The molecule has 2 heterocycles. The fourth-order valence-corrected chi connectivity index (χ4v) is 1.98. The second-order valence-corrected chi connectivity index (χ2v) is 4.37. The highest BCUT2D eigenvalue weighted by atomic mass is 16.5. The molecule has 0 aromatic carbocycles. The average Bonchev–Trinajstić information content (AvgIpc) is 2.97. The van der Waals surface area contributed by atoms with Crippen molar-refractivity contribution in [3.63, 3.8) is 0 Å². The molecule has 1 aromatic heterocycles. The third-order valence-corrected chi connectivity index (χ3v) is 2.90. The predicted molar refractivity (Wildman–Crippen MR) is 63.9 cm³/mol. The lowest BCUT2D eigenvalue weighted by atomic mass is 10.2. The van der Waals surface area contributed by atoms with Crippen molar-refractivity contribution in [2.75, 3.05) is 13.2 Å². The summed E-state index contributed by atoms with van der Waals surface area (Å²) in [6.45, 7) is 3.48. The fraction of sp³-hybridized carbons (Fsp3) is 0.667. The lowest BCUT2D eigenvalue weighted by Crippen LogP contribution is -2.31. The van der Waals surface area contributed by atoms with Crippen LogP contribution in [0.5, 0.6) is 0 Å². The number of carbonyl (C=O) groups excluding carboxylic acids is 1. The van der Waals surface area contributed by atoms with Gasteiger partial charge in [-0.15, -0.1) is 0 Å². The van der Waals surface area contributed by atoms with E-state index in [-0.39, 0.29) is 12.0 Å². The molecule has 1 amide bonds. The van der Waals surface area contributed by atoms with E-state index >= 15 is 0 Å². The number of hydrogen-bond donors (Lipinski definition) is 2. The molecule has 0 bridgehead atoms. The molecule has 5 nitrogen and oxygen atoms in total. The van der Waals surface area contributed by atoms with Crippen LogP contribution in [-0.4, -0.2) is 35.4 Å². The third kappa shape index (κ3) is 3.30. The van der Waals surface area contributed by atoms with Gasteiger partial charge in [-0.25, -0.2) is 0 Å². The second-order valence-electron chi connectivity index (χ2n) is 4.37. The summed E-state index contributed by atoms with van der Waals surface area (Å²) < 4.78 is 5.44. The number of aromatic amines is 1. The Kier molecular flexibility index (Phi) is 4.14. The standard InChI is InChI=1S/C12H19N3O2/c1-2-4-9-7-11(15-14-9)12(16)13-8-10-5-3-6-17-10/h7,10H,2-6,8H2,1H3,(H,13,16)(H,14,15)/t10-/m1/s1. The summed E-state index contributed by atoms with van der Waals surface area (Å²) in [6.07, 6.45) is 4.25. The van der Waals surface area contributed by atoms with Crippen LogP contribution in [0.1, 0.15) is 42.4 Å². The number of nitrogens with one attached hydrogen (secondary N) is 2. The van der Waals surface area contributed by atoms with Crippen molar-refractivity contribution in [3.05, 3.63) is 17.5 Å². The zero-order valence-corrected chi connectivity index (χ0v) is 10.2. The fourth-order valence-electron chi connectivity index (χ4n) is 1.98. The molecule has 0 spiro atoms. The van der Waals surface area contributed by atoms with Gasteiger partial charge in [0.05, 0.1) is 6.10 Å². The van der Waals surface area contributed by atoms with Gasteiger partial charge in [0.15, 0.2) is 0 Å². The maximum atomic E-state index is 11.8. The molecular weight excluding hydrogens is 218 g/mol. The number of carbonyl (C=O) groups is 1. The Morgan fingerprint density at radius 3 is 3.29 bits per heavy atom. The van der Waals surface area contributed by atoms with Crippen LogP contribution >= 0.6 is 0 Å². The Labute approximate surface area is 101 Å². The molecule has 0 radical (unpaired) electrons. The number of ether oxygens (including phenoxy) is 1. The number of aryl methyl sites for hydroxylation is 1. The Balaban J connectivity index is 1.81. The first kappa shape index (κ1) is 12.1. The van der Waals surface area contributed by atoms with E-state index in [4.69, 9.17) is 4.74 Å². The number of rotatable bonds is 5. The average molecular weight is 237 g/mol. The quantitative estimate of drug-likeness (QED) is 0.810. The smallest absolute Gasteiger partial charge is 0.271 e. The van der Waals surface area contributed by atoms with Crippen molar-refractivity contribution >= 4 is 5.91 Å². The van der Waals surface area contributed by atoms with Gasteiger partial charge >= 0.3 is 0 Å². The number of aromatic nitrogens is 2. The van der Waals surface area contributed by atoms with E-state index in [9.17, 15) is 4.79 Å². The van der Waals surface area contributed by atoms with E-state index in [0.717, 1.165) is 38.0 Å². The van der Waals surface area contributed by atoms with Crippen LogP contribution < -0.4 is 5.32 Å². The highest BCUT2D eigenvalue weighted by molar-refractivity contribution is 5.92. The molecule has 1 aliphatic heterocycles. The molecule has 1 aromatic rings. The van der Waals surface area contributed by atoms with Gasteiger partial charge in [0.2, 0.25) is 0 Å². The summed E-state index contributed by atoms with van der Waals surface area (Å²) >= 11 is 0. The van der Waals surface area contributed by atoms with Crippen LogP contribution in [0.4, 0.5) is 0 Å². The van der Waals surface area contributed by atoms with Crippen molar-refractivity contribution in [1.82, 2.24) is 15.5 Å². The van der Waals surface area contributed by atoms with Crippen LogP contribution in [-0.2, 0) is 11.2 Å². The first-order chi connectivity index (χ1) is 8.29. The Morgan fingerprint density at radius 1 is 1.71 bits per heavy atom. The second kappa shape index (κ2) is 5.82. The van der Waals surface area contributed by atoms with E-state index < -0.39 is 0 Å². The van der Waals surface area contributed by atoms with E-state index in [1.54, 1.807) is 0 Å². The van der Waals surface area contributed by atoms with Crippen LogP contribution in [0, 0.1) is 0 Å². The summed E-state index contributed by atoms with van der Waals surface area (Å²) in [5.41, 5.74) is 1.47. The van der Waals surface area contributed by atoms with Crippen molar-refractivity contribution in [1.29, 1.82) is 0 Å². The molecule has 2 N–H and O–H groups in total. The molecule has 0 saturated carbocycles. The molecule has 0 aliphatic carbocycles. The minimum atomic E-state index is -0.126. The monoisotopic (exact) mass is 237 g/mol. The zero-order valence-electron chi connectivity index (χ0n) is 10.2. The molecule has 5 heteroatoms. The van der Waals surface area contributed by atoms with Crippen LogP contribution in [0.15, 0.2) is 6.07 Å². The molecule has 1 atom stereocenters. The lowest BCUT2D eigenvalue weighted by Gasteiger charge is -2.09. The Bertz CT molecular complexity index is 370. The summed E-state index contributed by atoms with van der Waals surface area (Å²) in [5, 5.41) is 9.73. The molecule has 1 fully saturated rings. The van der Waals surface area contributed by atoms with Crippen molar-refractivity contribution in [2.45, 2.75) is 38.7 Å². The summed E-state index contributed by atoms with van der Waals surface area (Å²) in [7, 11) is 0. The first-order valence-electron chi connectivity index (χ1n) is 6.23. The highest BCUT2D eigenvalue weighted by Gasteiger charge is 2.17. The van der Waals surface area contributed by atoms with Crippen molar-refractivity contribution < 1.29 is 9.53 Å². The molecule has 17 heavy (non-hydrogen) atoms. The summed E-state index contributed by atoms with van der Waals surface area (Å²) in [6, 6.07) is 1.81. The largest absolute Gasteiger partial charge is 0.376 e. The maximum absolute atomic E-state index is 11.8. The minimum Gasteiger partial charge on any atom is -0.376 e. The van der Waals surface area contributed by atoms with Crippen LogP contribution in [0.2, 0.25) is 0 Å².